The average Bonchev–Trinajstić information content (AvgIpc) is 3.17. The maximum absolute atomic E-state index is 7.97. The van der Waals surface area contributed by atoms with Gasteiger partial charge in [0.2, 0.25) is 0 Å². The van der Waals surface area contributed by atoms with Gasteiger partial charge in [-0.2, -0.15) is 0 Å². The number of hydrogen-bond donors (Lipinski definition) is 0. The topological polar surface area (TPSA) is 22.8 Å². The molecule has 0 bridgehead atoms. The van der Waals surface area contributed by atoms with Crippen LogP contribution in [0.2, 0.25) is 0 Å². The first-order valence-corrected chi connectivity index (χ1v) is 16.8. The highest BCUT2D eigenvalue weighted by Gasteiger charge is 2.25. The number of para-hydroxylation sites is 1. The highest BCUT2D eigenvalue weighted by Crippen LogP contribution is 2.53. The van der Waals surface area contributed by atoms with Crippen molar-refractivity contribution >= 4 is 48.8 Å². The molecular weight excluding hydrogens is 611 g/mol. The number of rotatable bonds is 2. The van der Waals surface area contributed by atoms with Crippen molar-refractivity contribution in [2.45, 2.75) is 0 Å². The van der Waals surface area contributed by atoms with Crippen LogP contribution in [0, 0.1) is 6.57 Å². The van der Waals surface area contributed by atoms with Gasteiger partial charge in [-0.05, 0) is 108 Å². The highest BCUT2D eigenvalue weighted by molar-refractivity contribution is 6.25. The molecule has 0 aromatic heterocycles. The Balaban J connectivity index is 1.21. The summed E-state index contributed by atoms with van der Waals surface area (Å²) in [4.78, 5) is 3.88. The van der Waals surface area contributed by atoms with Crippen LogP contribution in [0.5, 0.6) is 23.0 Å². The quantitative estimate of drug-likeness (QED) is 0.139. The summed E-state index contributed by atoms with van der Waals surface area (Å²) >= 11 is 0. The molecule has 0 radical (unpaired) electrons. The molecule has 3 heteroatoms. The van der Waals surface area contributed by atoms with Crippen molar-refractivity contribution in [2.75, 3.05) is 0 Å². The molecule has 0 spiro atoms. The number of nitrogens with zero attached hydrogens (tertiary/aromatic N) is 1. The predicted octanol–water partition coefficient (Wildman–Crippen LogP) is 13.7. The average molecular weight is 636 g/mol. The molecule has 0 N–H and O–H groups in total. The Morgan fingerprint density at radius 1 is 0.380 bits per heavy atom. The highest BCUT2D eigenvalue weighted by atomic mass is 16.5. The number of ether oxygens (including phenoxy) is 2. The molecule has 9 aromatic carbocycles. The Hall–Kier alpha value is -6.89. The molecule has 0 unspecified atom stereocenters. The van der Waals surface area contributed by atoms with E-state index in [1.165, 1.54) is 16.5 Å². The summed E-state index contributed by atoms with van der Waals surface area (Å²) in [5.74, 6) is 3.45. The van der Waals surface area contributed by atoms with Crippen molar-refractivity contribution in [1.29, 1.82) is 0 Å². The summed E-state index contributed by atoms with van der Waals surface area (Å²) in [6, 6.07) is 53.1. The molecule has 0 aliphatic carbocycles. The van der Waals surface area contributed by atoms with E-state index < -0.39 is 0 Å². The molecule has 0 atom stereocenters. The Labute approximate surface area is 288 Å². The summed E-state index contributed by atoms with van der Waals surface area (Å²) in [6.45, 7) is 7.97. The van der Waals surface area contributed by atoms with Gasteiger partial charge in [0.15, 0.2) is 5.69 Å². The second-order valence-corrected chi connectivity index (χ2v) is 13.0. The van der Waals surface area contributed by atoms with Crippen molar-refractivity contribution in [1.82, 2.24) is 0 Å². The lowest BCUT2D eigenvalue weighted by Crippen LogP contribution is -1.99. The molecule has 0 saturated heterocycles. The van der Waals surface area contributed by atoms with E-state index in [2.05, 4.69) is 138 Å². The van der Waals surface area contributed by atoms with E-state index in [0.29, 0.717) is 5.69 Å². The molecule has 9 aromatic rings. The number of fused-ring (bicyclic) bond motifs is 6. The van der Waals surface area contributed by atoms with E-state index in [9.17, 15) is 0 Å². The van der Waals surface area contributed by atoms with Crippen LogP contribution in [-0.2, 0) is 0 Å². The molecule has 50 heavy (non-hydrogen) atoms. The fraction of sp³-hybridized carbons (Fsp3) is 0. The Morgan fingerprint density at radius 3 is 1.88 bits per heavy atom. The van der Waals surface area contributed by atoms with E-state index in [4.69, 9.17) is 16.0 Å². The van der Waals surface area contributed by atoms with E-state index in [1.807, 2.05) is 18.2 Å². The van der Waals surface area contributed by atoms with Crippen LogP contribution in [-0.4, -0.2) is 0 Å². The van der Waals surface area contributed by atoms with Gasteiger partial charge < -0.3 is 9.47 Å². The van der Waals surface area contributed by atoms with Crippen LogP contribution in [0.3, 0.4) is 0 Å². The van der Waals surface area contributed by atoms with Crippen molar-refractivity contribution in [3.63, 3.8) is 0 Å². The minimum atomic E-state index is 0.610. The molecule has 230 valence electrons. The lowest BCUT2D eigenvalue weighted by molar-refractivity contribution is 0.487. The third-order valence-corrected chi connectivity index (χ3v) is 10.5. The SMILES string of the molecule is [C-]#[N+]c1ccc2c(-c3ccc4c(c3)Oc3cccc5cccc-4c35)c3ccccc3c(-c3ccc4c5c(cccc35)-c3ccccc3O4)c2c1. The first-order valence-electron chi connectivity index (χ1n) is 16.8. The van der Waals surface area contributed by atoms with Crippen LogP contribution in [0.15, 0.2) is 152 Å². The zero-order valence-electron chi connectivity index (χ0n) is 26.7. The van der Waals surface area contributed by atoms with Gasteiger partial charge in [-0.1, -0.05) is 109 Å². The van der Waals surface area contributed by atoms with Gasteiger partial charge in [-0.15, -0.1) is 0 Å². The molecule has 3 nitrogen and oxygen atoms in total. The van der Waals surface area contributed by atoms with E-state index in [-0.39, 0.29) is 0 Å². The van der Waals surface area contributed by atoms with Crippen molar-refractivity contribution < 1.29 is 9.47 Å². The van der Waals surface area contributed by atoms with Gasteiger partial charge in [0, 0.05) is 21.9 Å². The first-order chi connectivity index (χ1) is 24.7. The standard InChI is InChI=1S/C47H25NO2/c1-48-29-20-22-38-39(26-29)46(37-23-24-42-47-33(15-8-16-36(37)47)30-11-4-5-17-40(30)49-42)35-13-3-2-12-34(35)44(38)28-19-21-31-32-14-6-9-27-10-7-18-41(45(27)32)50-43(31)25-28/h2-26H. The van der Waals surface area contributed by atoms with E-state index in [0.717, 1.165) is 94.1 Å². The Kier molecular flexibility index (Phi) is 5.45. The van der Waals surface area contributed by atoms with Crippen LogP contribution >= 0.6 is 0 Å². The van der Waals surface area contributed by atoms with Crippen LogP contribution in [0.1, 0.15) is 0 Å². The van der Waals surface area contributed by atoms with Crippen molar-refractivity contribution in [2.24, 2.45) is 0 Å². The van der Waals surface area contributed by atoms with Crippen LogP contribution in [0.25, 0.3) is 92.4 Å². The Bertz CT molecular complexity index is 3000. The zero-order valence-corrected chi connectivity index (χ0v) is 26.7. The van der Waals surface area contributed by atoms with Gasteiger partial charge >= 0.3 is 0 Å². The summed E-state index contributed by atoms with van der Waals surface area (Å²) in [5, 5.41) is 8.95. The van der Waals surface area contributed by atoms with Crippen molar-refractivity contribution in [3.8, 4) is 67.5 Å². The van der Waals surface area contributed by atoms with E-state index >= 15 is 0 Å². The lowest BCUT2D eigenvalue weighted by Gasteiger charge is -2.24. The van der Waals surface area contributed by atoms with Gasteiger partial charge in [-0.3, -0.25) is 0 Å². The van der Waals surface area contributed by atoms with Gasteiger partial charge in [0.25, 0.3) is 0 Å². The minimum Gasteiger partial charge on any atom is -0.456 e. The monoisotopic (exact) mass is 635 g/mol. The lowest BCUT2D eigenvalue weighted by atomic mass is 9.83. The summed E-state index contributed by atoms with van der Waals surface area (Å²) < 4.78 is 13.1. The number of benzene rings is 9. The normalized spacial score (nSPS) is 12.3. The van der Waals surface area contributed by atoms with Crippen LogP contribution < -0.4 is 9.47 Å². The molecule has 2 heterocycles. The largest absolute Gasteiger partial charge is 0.456 e. The molecule has 2 aliphatic rings. The van der Waals surface area contributed by atoms with Gasteiger partial charge in [0.1, 0.15) is 23.0 Å². The molecule has 11 rings (SSSR count). The van der Waals surface area contributed by atoms with Gasteiger partial charge in [0.05, 0.1) is 6.57 Å². The first kappa shape index (κ1) is 27.1. The maximum atomic E-state index is 7.97. The summed E-state index contributed by atoms with van der Waals surface area (Å²) in [5.41, 5.74) is 9.57. The number of hydrogen-bond acceptors (Lipinski definition) is 2. The molecular formula is C47H25NO2. The van der Waals surface area contributed by atoms with E-state index in [1.54, 1.807) is 0 Å². The maximum Gasteiger partial charge on any atom is 0.187 e. The summed E-state index contributed by atoms with van der Waals surface area (Å²) in [6.07, 6.45) is 0. The van der Waals surface area contributed by atoms with Crippen LogP contribution in [0.4, 0.5) is 5.69 Å². The minimum absolute atomic E-state index is 0.610. The molecule has 0 saturated carbocycles. The molecule has 0 fully saturated rings. The third kappa shape index (κ3) is 3.68. The van der Waals surface area contributed by atoms with Gasteiger partial charge in [-0.25, -0.2) is 4.85 Å². The fourth-order valence-corrected chi connectivity index (χ4v) is 8.35. The van der Waals surface area contributed by atoms with Crippen molar-refractivity contribution in [3.05, 3.63) is 163 Å². The summed E-state index contributed by atoms with van der Waals surface area (Å²) in [7, 11) is 0. The third-order valence-electron chi connectivity index (χ3n) is 10.5. The Morgan fingerprint density at radius 2 is 1.00 bits per heavy atom. The fourth-order valence-electron chi connectivity index (χ4n) is 8.35. The molecule has 2 aliphatic heterocycles. The second-order valence-electron chi connectivity index (χ2n) is 13.0. The molecule has 0 amide bonds. The second kappa shape index (κ2) is 10.1. The smallest absolute Gasteiger partial charge is 0.187 e. The zero-order chi connectivity index (χ0) is 32.9. The predicted molar refractivity (Wildman–Crippen MR) is 205 cm³/mol.